The average Bonchev–Trinajstić information content (AvgIpc) is 3.42. The minimum absolute atomic E-state index is 0.00265. The molecule has 1 amide bonds. The second kappa shape index (κ2) is 10.2. The molecule has 7 nitrogen and oxygen atoms in total. The number of aryl methyl sites for hydroxylation is 1. The number of carbonyl (C=O) groups excluding carboxylic acids is 3. The molecule has 0 radical (unpaired) electrons. The molecule has 3 aromatic rings. The Hall–Kier alpha value is -3.45. The van der Waals surface area contributed by atoms with Gasteiger partial charge in [-0.1, -0.05) is 23.7 Å². The van der Waals surface area contributed by atoms with E-state index >= 15 is 0 Å². The number of Topliss-reactive ketones (excluding diaryl/α,β-unsaturated/α-hetero) is 2. The van der Waals surface area contributed by atoms with Gasteiger partial charge in [0.15, 0.2) is 5.78 Å². The first-order chi connectivity index (χ1) is 16.3. The number of aromatic amines is 1. The standard InChI is InChI=1S/C26H26ClN3O4/c1-17(2)34-21-10-6-19(7-11-21)24(31)22-23(18-4-8-20(27)9-5-18)30(26(33)25(22)32)14-3-13-29-15-12-28-16-29/h4-12,15-17,22-23H,3,13-14H2,1-2H3/p+1. The highest BCUT2D eigenvalue weighted by atomic mass is 35.5. The molecular weight excluding hydrogens is 454 g/mol. The van der Waals surface area contributed by atoms with Crippen molar-refractivity contribution in [2.75, 3.05) is 6.54 Å². The maximum absolute atomic E-state index is 13.5. The normalized spacial score (nSPS) is 18.1. The van der Waals surface area contributed by atoms with Crippen LogP contribution in [-0.2, 0) is 16.1 Å². The largest absolute Gasteiger partial charge is 0.491 e. The van der Waals surface area contributed by atoms with Crippen LogP contribution in [0.1, 0.15) is 42.2 Å². The van der Waals surface area contributed by atoms with E-state index < -0.39 is 23.7 Å². The molecule has 4 rings (SSSR count). The third-order valence-corrected chi connectivity index (χ3v) is 6.08. The number of hydrogen-bond donors (Lipinski definition) is 1. The number of ketones is 2. The lowest BCUT2D eigenvalue weighted by Crippen LogP contribution is -2.36. The smallest absolute Gasteiger partial charge is 0.291 e. The van der Waals surface area contributed by atoms with Gasteiger partial charge in [0.05, 0.1) is 18.7 Å². The number of amides is 1. The molecule has 1 aromatic heterocycles. The SMILES string of the molecule is CC(C)Oc1ccc(C(=O)C2C(=O)C(=O)N(CCC[n+]3cc[nH]c3)C2c2ccc(Cl)cc2)cc1. The van der Waals surface area contributed by atoms with Gasteiger partial charge in [0.25, 0.3) is 5.91 Å². The Labute approximate surface area is 203 Å². The number of aromatic nitrogens is 2. The van der Waals surface area contributed by atoms with Crippen LogP contribution in [0.15, 0.2) is 67.3 Å². The molecule has 2 unspecified atom stereocenters. The number of nitrogens with one attached hydrogen (secondary N) is 1. The van der Waals surface area contributed by atoms with Crippen LogP contribution < -0.4 is 9.30 Å². The number of hydrogen-bond acceptors (Lipinski definition) is 4. The van der Waals surface area contributed by atoms with E-state index in [1.165, 1.54) is 4.90 Å². The van der Waals surface area contributed by atoms with Gasteiger partial charge in [0.2, 0.25) is 12.1 Å². The van der Waals surface area contributed by atoms with Crippen molar-refractivity contribution >= 4 is 29.1 Å². The van der Waals surface area contributed by atoms with Crippen molar-refractivity contribution in [3.8, 4) is 5.75 Å². The highest BCUT2D eigenvalue weighted by Crippen LogP contribution is 2.38. The van der Waals surface area contributed by atoms with Gasteiger partial charge in [0.1, 0.15) is 24.1 Å². The molecule has 176 valence electrons. The van der Waals surface area contributed by atoms with Crippen LogP contribution in [-0.4, -0.2) is 40.0 Å². The first-order valence-corrected chi connectivity index (χ1v) is 11.7. The summed E-state index contributed by atoms with van der Waals surface area (Å²) < 4.78 is 7.61. The summed E-state index contributed by atoms with van der Waals surface area (Å²) in [5, 5.41) is 0.540. The van der Waals surface area contributed by atoms with Crippen LogP contribution in [0.5, 0.6) is 5.75 Å². The van der Waals surface area contributed by atoms with Crippen LogP contribution in [0.3, 0.4) is 0 Å². The van der Waals surface area contributed by atoms with Crippen LogP contribution in [0, 0.1) is 5.92 Å². The summed E-state index contributed by atoms with van der Waals surface area (Å²) >= 11 is 6.07. The summed E-state index contributed by atoms with van der Waals surface area (Å²) in [6.07, 6.45) is 6.17. The van der Waals surface area contributed by atoms with Crippen molar-refractivity contribution in [2.24, 2.45) is 5.92 Å². The lowest BCUT2D eigenvalue weighted by molar-refractivity contribution is -0.695. The average molecular weight is 481 g/mol. The lowest BCUT2D eigenvalue weighted by atomic mass is 9.86. The van der Waals surface area contributed by atoms with Crippen LogP contribution >= 0.6 is 11.6 Å². The number of benzene rings is 2. The zero-order valence-corrected chi connectivity index (χ0v) is 19.9. The first kappa shape index (κ1) is 23.7. The van der Waals surface area contributed by atoms with Gasteiger partial charge < -0.3 is 9.64 Å². The minimum Gasteiger partial charge on any atom is -0.491 e. The second-order valence-electron chi connectivity index (χ2n) is 8.59. The van der Waals surface area contributed by atoms with Gasteiger partial charge in [-0.15, -0.1) is 0 Å². The fraction of sp³-hybridized carbons (Fsp3) is 0.308. The molecule has 2 aromatic carbocycles. The summed E-state index contributed by atoms with van der Waals surface area (Å²) in [7, 11) is 0. The van der Waals surface area contributed by atoms with Gasteiger partial charge in [-0.05, 0) is 55.8 Å². The molecule has 0 spiro atoms. The highest BCUT2D eigenvalue weighted by molar-refractivity contribution is 6.44. The Bertz CT molecular complexity index is 1160. The molecule has 1 N–H and O–H groups in total. The molecule has 1 fully saturated rings. The summed E-state index contributed by atoms with van der Waals surface area (Å²) in [5.74, 6) is -2.17. The Kier molecular flexibility index (Phi) is 7.12. The minimum atomic E-state index is -1.12. The Balaban J connectivity index is 1.62. The number of H-pyrrole nitrogens is 1. The zero-order valence-electron chi connectivity index (χ0n) is 19.1. The molecule has 1 aliphatic heterocycles. The van der Waals surface area contributed by atoms with Crippen molar-refractivity contribution < 1.29 is 23.7 Å². The van der Waals surface area contributed by atoms with Crippen LogP contribution in [0.4, 0.5) is 0 Å². The topological polar surface area (TPSA) is 83.3 Å². The predicted molar refractivity (Wildman–Crippen MR) is 127 cm³/mol. The number of likely N-dealkylation sites (tertiary alicyclic amines) is 1. The van der Waals surface area contributed by atoms with Crippen molar-refractivity contribution in [3.63, 3.8) is 0 Å². The summed E-state index contributed by atoms with van der Waals surface area (Å²) in [6.45, 7) is 4.86. The van der Waals surface area contributed by atoms with E-state index in [4.69, 9.17) is 16.3 Å². The van der Waals surface area contributed by atoms with Gasteiger partial charge in [0, 0.05) is 23.6 Å². The van der Waals surface area contributed by atoms with Crippen molar-refractivity contribution in [3.05, 3.63) is 83.4 Å². The number of carbonyl (C=O) groups is 3. The van der Waals surface area contributed by atoms with E-state index in [-0.39, 0.29) is 11.9 Å². The molecule has 2 atom stereocenters. The van der Waals surface area contributed by atoms with Gasteiger partial charge in [-0.3, -0.25) is 19.4 Å². The Morgan fingerprint density at radius 1 is 1.12 bits per heavy atom. The molecule has 1 aliphatic rings. The maximum atomic E-state index is 13.5. The maximum Gasteiger partial charge on any atom is 0.291 e. The fourth-order valence-electron chi connectivity index (χ4n) is 4.29. The number of rotatable bonds is 9. The number of nitrogens with zero attached hydrogens (tertiary/aromatic N) is 2. The molecule has 34 heavy (non-hydrogen) atoms. The molecule has 8 heteroatoms. The highest BCUT2D eigenvalue weighted by Gasteiger charge is 2.51. The first-order valence-electron chi connectivity index (χ1n) is 11.3. The summed E-state index contributed by atoms with van der Waals surface area (Å²) in [5.41, 5.74) is 1.07. The zero-order chi connectivity index (χ0) is 24.2. The molecule has 0 bridgehead atoms. The number of ether oxygens (including phenoxy) is 1. The van der Waals surface area contributed by atoms with Crippen molar-refractivity contribution in [1.82, 2.24) is 9.88 Å². The Morgan fingerprint density at radius 2 is 1.82 bits per heavy atom. The lowest BCUT2D eigenvalue weighted by Gasteiger charge is -2.27. The quantitative estimate of drug-likeness (QED) is 0.218. The molecular formula is C26H27ClN3O4+. The molecule has 2 heterocycles. The van der Waals surface area contributed by atoms with E-state index in [9.17, 15) is 14.4 Å². The van der Waals surface area contributed by atoms with E-state index in [1.807, 2.05) is 37.1 Å². The fourth-order valence-corrected chi connectivity index (χ4v) is 4.42. The van der Waals surface area contributed by atoms with Crippen molar-refractivity contribution in [2.45, 2.75) is 39.0 Å². The monoisotopic (exact) mass is 480 g/mol. The van der Waals surface area contributed by atoms with E-state index in [2.05, 4.69) is 4.98 Å². The third-order valence-electron chi connectivity index (χ3n) is 5.83. The van der Waals surface area contributed by atoms with Crippen LogP contribution in [0.2, 0.25) is 5.02 Å². The van der Waals surface area contributed by atoms with E-state index in [1.54, 1.807) is 48.5 Å². The Morgan fingerprint density at radius 3 is 2.44 bits per heavy atom. The van der Waals surface area contributed by atoms with Crippen LogP contribution in [0.25, 0.3) is 0 Å². The van der Waals surface area contributed by atoms with E-state index in [0.717, 1.165) is 0 Å². The summed E-state index contributed by atoms with van der Waals surface area (Å²) in [6, 6.07) is 13.0. The van der Waals surface area contributed by atoms with Crippen molar-refractivity contribution in [1.29, 1.82) is 0 Å². The summed E-state index contributed by atoms with van der Waals surface area (Å²) in [4.78, 5) is 44.2. The predicted octanol–water partition coefficient (Wildman–Crippen LogP) is 3.78. The third kappa shape index (κ3) is 5.04. The number of halogens is 1. The van der Waals surface area contributed by atoms with E-state index in [0.29, 0.717) is 41.4 Å². The molecule has 1 saturated heterocycles. The van der Waals surface area contributed by atoms with Gasteiger partial charge >= 0.3 is 0 Å². The van der Waals surface area contributed by atoms with Gasteiger partial charge in [-0.25, -0.2) is 4.57 Å². The molecule has 0 saturated carbocycles. The number of imidazole rings is 1. The van der Waals surface area contributed by atoms with Gasteiger partial charge in [-0.2, -0.15) is 0 Å². The molecule has 0 aliphatic carbocycles. The second-order valence-corrected chi connectivity index (χ2v) is 9.03.